The molecule has 1 aromatic rings. The average Bonchev–Trinajstić information content (AvgIpc) is 2.85. The lowest BCUT2D eigenvalue weighted by atomic mass is 9.77. The summed E-state index contributed by atoms with van der Waals surface area (Å²) in [5, 5.41) is 6.79. The summed E-state index contributed by atoms with van der Waals surface area (Å²) < 4.78 is 2.14. The predicted octanol–water partition coefficient (Wildman–Crippen LogP) is 5.22. The summed E-state index contributed by atoms with van der Waals surface area (Å²) in [5.74, 6) is 0.615. The third kappa shape index (κ3) is 4.07. The van der Waals surface area contributed by atoms with Crippen LogP contribution in [0.15, 0.2) is 12.3 Å². The van der Waals surface area contributed by atoms with Crippen molar-refractivity contribution in [2.75, 3.05) is 10.7 Å². The predicted molar refractivity (Wildman–Crippen MR) is 90.4 cm³/mol. The molecule has 4 heteroatoms. The first-order valence-corrected chi connectivity index (χ1v) is 9.43. The Kier molecular flexibility index (Phi) is 7.09. The molecule has 0 saturated heterocycles. The Labute approximate surface area is 134 Å². The summed E-state index contributed by atoms with van der Waals surface area (Å²) in [7, 11) is 0. The summed E-state index contributed by atoms with van der Waals surface area (Å²) in [4.78, 5) is 0. The van der Waals surface area contributed by atoms with Gasteiger partial charge < -0.3 is 0 Å². The third-order valence-corrected chi connectivity index (χ3v) is 6.50. The normalized spacial score (nSPS) is 12.6. The highest BCUT2D eigenvalue weighted by molar-refractivity contribution is 9.09. The van der Waals surface area contributed by atoms with E-state index in [2.05, 4.69) is 76.5 Å². The van der Waals surface area contributed by atoms with Gasteiger partial charge in [0.15, 0.2) is 0 Å². The van der Waals surface area contributed by atoms with Crippen molar-refractivity contribution in [2.24, 2.45) is 11.3 Å². The average molecular weight is 394 g/mol. The van der Waals surface area contributed by atoms with Gasteiger partial charge in [-0.05, 0) is 36.7 Å². The zero-order valence-electron chi connectivity index (χ0n) is 12.5. The molecule has 0 unspecified atom stereocenters. The lowest BCUT2D eigenvalue weighted by Crippen LogP contribution is -2.33. The second-order valence-electron chi connectivity index (χ2n) is 5.72. The van der Waals surface area contributed by atoms with Gasteiger partial charge in [-0.25, -0.2) is 0 Å². The first-order valence-electron chi connectivity index (χ1n) is 7.18. The largest absolute Gasteiger partial charge is 0.269 e. The van der Waals surface area contributed by atoms with Crippen LogP contribution in [0.4, 0.5) is 0 Å². The van der Waals surface area contributed by atoms with E-state index < -0.39 is 0 Å². The first kappa shape index (κ1) is 17.2. The summed E-state index contributed by atoms with van der Waals surface area (Å²) in [6, 6.07) is 2.72. The maximum absolute atomic E-state index is 4.79. The minimum Gasteiger partial charge on any atom is -0.269 e. The van der Waals surface area contributed by atoms with Crippen LogP contribution in [0.1, 0.15) is 52.3 Å². The van der Waals surface area contributed by atoms with Crippen molar-refractivity contribution in [1.29, 1.82) is 0 Å². The smallest absolute Gasteiger partial charge is 0.0630 e. The zero-order chi connectivity index (χ0) is 14.5. The van der Waals surface area contributed by atoms with Crippen LogP contribution < -0.4 is 0 Å². The molecule has 110 valence electrons. The second-order valence-corrected chi connectivity index (χ2v) is 6.84. The van der Waals surface area contributed by atoms with E-state index in [0.29, 0.717) is 12.0 Å². The molecule has 0 amide bonds. The van der Waals surface area contributed by atoms with E-state index in [9.17, 15) is 0 Å². The summed E-state index contributed by atoms with van der Waals surface area (Å²) in [6.45, 7) is 9.04. The molecule has 0 fully saturated rings. The number of rotatable bonds is 8. The number of alkyl halides is 2. The Balaban J connectivity index is 2.87. The van der Waals surface area contributed by atoms with E-state index in [1.54, 1.807) is 0 Å². The van der Waals surface area contributed by atoms with Gasteiger partial charge in [-0.15, -0.1) is 0 Å². The Bertz CT molecular complexity index is 366. The van der Waals surface area contributed by atoms with Crippen LogP contribution in [-0.4, -0.2) is 20.4 Å². The minimum absolute atomic E-state index is 0.243. The number of hydrogen-bond acceptors (Lipinski definition) is 1. The summed E-state index contributed by atoms with van der Waals surface area (Å²) in [5.41, 5.74) is 1.45. The fourth-order valence-corrected chi connectivity index (χ4v) is 4.96. The van der Waals surface area contributed by atoms with Crippen molar-refractivity contribution in [3.8, 4) is 0 Å². The van der Waals surface area contributed by atoms with Gasteiger partial charge in [-0.3, -0.25) is 4.68 Å². The number of aromatic nitrogens is 2. The number of nitrogens with zero attached hydrogens (tertiary/aromatic N) is 2. The van der Waals surface area contributed by atoms with E-state index in [1.165, 1.54) is 5.69 Å². The lowest BCUT2D eigenvalue weighted by Gasteiger charge is -2.33. The zero-order valence-corrected chi connectivity index (χ0v) is 15.7. The lowest BCUT2D eigenvalue weighted by molar-refractivity contribution is 0.263. The molecular formula is C15H26Br2N2. The van der Waals surface area contributed by atoms with Crippen molar-refractivity contribution >= 4 is 31.9 Å². The molecule has 19 heavy (non-hydrogen) atoms. The Morgan fingerprint density at radius 3 is 2.21 bits per heavy atom. The van der Waals surface area contributed by atoms with E-state index in [4.69, 9.17) is 5.10 Å². The number of hydrogen-bond donors (Lipinski definition) is 0. The Hall–Kier alpha value is 0.170. The maximum Gasteiger partial charge on any atom is 0.0630 e. The third-order valence-electron chi connectivity index (χ3n) is 4.27. The molecule has 0 spiro atoms. The van der Waals surface area contributed by atoms with Crippen LogP contribution in [0.25, 0.3) is 0 Å². The summed E-state index contributed by atoms with van der Waals surface area (Å²) >= 11 is 7.38. The Morgan fingerprint density at radius 2 is 1.79 bits per heavy atom. The fourth-order valence-electron chi connectivity index (χ4n) is 2.34. The van der Waals surface area contributed by atoms with Crippen molar-refractivity contribution in [1.82, 2.24) is 9.78 Å². The molecule has 0 atom stereocenters. The molecule has 0 aliphatic carbocycles. The van der Waals surface area contributed by atoms with Gasteiger partial charge in [-0.2, -0.15) is 5.10 Å². The quantitative estimate of drug-likeness (QED) is 0.553. The minimum atomic E-state index is 0.243. The highest BCUT2D eigenvalue weighted by Gasteiger charge is 2.32. The van der Waals surface area contributed by atoms with Crippen LogP contribution in [0, 0.1) is 11.3 Å². The second kappa shape index (κ2) is 7.82. The van der Waals surface area contributed by atoms with Crippen molar-refractivity contribution < 1.29 is 0 Å². The first-order chi connectivity index (χ1) is 9.02. The monoisotopic (exact) mass is 392 g/mol. The van der Waals surface area contributed by atoms with Gasteiger partial charge in [0.2, 0.25) is 0 Å². The molecule has 0 aliphatic rings. The molecule has 0 aliphatic heterocycles. The van der Waals surface area contributed by atoms with Crippen LogP contribution in [-0.2, 0) is 6.42 Å². The van der Waals surface area contributed by atoms with Gasteiger partial charge in [0, 0.05) is 16.9 Å². The molecule has 1 rings (SSSR count). The summed E-state index contributed by atoms with van der Waals surface area (Å²) in [6.07, 6.45) is 5.45. The van der Waals surface area contributed by atoms with E-state index in [-0.39, 0.29) is 5.41 Å². The van der Waals surface area contributed by atoms with Gasteiger partial charge in [-0.1, -0.05) is 59.6 Å². The standard InChI is InChI=1S/C15H26Br2N2/c1-5-14(6-2)19-8-7-13(18-19)9-15(10-16,11-17)12(3)4/h7-8,12,14H,5-6,9-11H2,1-4H3. The SMILES string of the molecule is CCC(CC)n1ccc(CC(CBr)(CBr)C(C)C)n1. The van der Waals surface area contributed by atoms with Crippen molar-refractivity contribution in [2.45, 2.75) is 53.0 Å². The topological polar surface area (TPSA) is 17.8 Å². The Morgan fingerprint density at radius 1 is 1.21 bits per heavy atom. The molecule has 0 radical (unpaired) electrons. The van der Waals surface area contributed by atoms with Crippen LogP contribution in [0.3, 0.4) is 0 Å². The van der Waals surface area contributed by atoms with Crippen molar-refractivity contribution in [3.05, 3.63) is 18.0 Å². The van der Waals surface area contributed by atoms with Crippen molar-refractivity contribution in [3.63, 3.8) is 0 Å². The van der Waals surface area contributed by atoms with Crippen LogP contribution in [0.5, 0.6) is 0 Å². The molecule has 1 heterocycles. The van der Waals surface area contributed by atoms with Gasteiger partial charge >= 0.3 is 0 Å². The van der Waals surface area contributed by atoms with E-state index in [0.717, 1.165) is 29.9 Å². The van der Waals surface area contributed by atoms with Gasteiger partial charge in [0.1, 0.15) is 0 Å². The number of halogens is 2. The van der Waals surface area contributed by atoms with Gasteiger partial charge in [0.05, 0.1) is 11.7 Å². The molecule has 0 aromatic carbocycles. The molecule has 0 N–H and O–H groups in total. The maximum atomic E-state index is 4.79. The highest BCUT2D eigenvalue weighted by atomic mass is 79.9. The fraction of sp³-hybridized carbons (Fsp3) is 0.800. The van der Waals surface area contributed by atoms with Gasteiger partial charge in [0.25, 0.3) is 0 Å². The molecule has 2 nitrogen and oxygen atoms in total. The van der Waals surface area contributed by atoms with E-state index in [1.807, 2.05) is 0 Å². The van der Waals surface area contributed by atoms with Crippen LogP contribution >= 0.6 is 31.9 Å². The van der Waals surface area contributed by atoms with E-state index >= 15 is 0 Å². The highest BCUT2D eigenvalue weighted by Crippen LogP contribution is 2.35. The molecule has 0 bridgehead atoms. The molecule has 1 aromatic heterocycles. The molecule has 0 saturated carbocycles. The molecular weight excluding hydrogens is 368 g/mol. The van der Waals surface area contributed by atoms with Crippen LogP contribution in [0.2, 0.25) is 0 Å².